The fourth-order valence-corrected chi connectivity index (χ4v) is 1.91. The van der Waals surface area contributed by atoms with Gasteiger partial charge in [-0.1, -0.05) is 0 Å². The van der Waals surface area contributed by atoms with Crippen molar-refractivity contribution in [2.45, 2.75) is 38.3 Å². The second kappa shape index (κ2) is 4.60. The Morgan fingerprint density at radius 2 is 2.50 bits per heavy atom. The van der Waals surface area contributed by atoms with Crippen LogP contribution in [-0.2, 0) is 11.3 Å². The normalized spacial score (nSPS) is 16.8. The predicted molar refractivity (Wildman–Crippen MR) is 57.8 cm³/mol. The Morgan fingerprint density at radius 3 is 3.12 bits per heavy atom. The molecule has 1 saturated carbocycles. The highest BCUT2D eigenvalue weighted by Gasteiger charge is 2.22. The van der Waals surface area contributed by atoms with Gasteiger partial charge in [-0.25, -0.2) is 4.98 Å². The number of anilines is 1. The van der Waals surface area contributed by atoms with E-state index in [1.54, 1.807) is 6.92 Å². The number of nitrogens with zero attached hydrogens (tertiary/aromatic N) is 3. The molecule has 1 aliphatic carbocycles. The summed E-state index contributed by atoms with van der Waals surface area (Å²) in [7, 11) is 0. The molecular formula is C8H12N4O3S. The van der Waals surface area contributed by atoms with Gasteiger partial charge in [-0.2, -0.15) is 4.37 Å². The van der Waals surface area contributed by atoms with Crippen molar-refractivity contribution < 1.29 is 9.92 Å². The summed E-state index contributed by atoms with van der Waals surface area (Å²) in [5.74, 6) is 0.586. The molecule has 1 aromatic rings. The first kappa shape index (κ1) is 11.1. The monoisotopic (exact) mass is 244 g/mol. The third-order valence-electron chi connectivity index (χ3n) is 2.11. The van der Waals surface area contributed by atoms with Crippen LogP contribution in [0.4, 0.5) is 5.13 Å². The maximum atomic E-state index is 10.1. The Balaban J connectivity index is 1.83. The molecule has 0 amide bonds. The molecule has 1 fully saturated rings. The Morgan fingerprint density at radius 1 is 1.75 bits per heavy atom. The van der Waals surface area contributed by atoms with Crippen molar-refractivity contribution in [1.82, 2.24) is 9.36 Å². The van der Waals surface area contributed by atoms with Gasteiger partial charge in [0.1, 0.15) is 11.9 Å². The Kier molecular flexibility index (Phi) is 3.18. The van der Waals surface area contributed by atoms with E-state index in [1.165, 1.54) is 24.4 Å². The lowest BCUT2D eigenvalue weighted by Gasteiger charge is -2.05. The molecule has 1 aromatic heterocycles. The molecule has 0 radical (unpaired) electrons. The average molecular weight is 244 g/mol. The SMILES string of the molecule is CC(Cc1nsc(NC2CC2)n1)O[N+](=O)[O-]. The predicted octanol–water partition coefficient (Wildman–Crippen LogP) is 1.25. The zero-order valence-corrected chi connectivity index (χ0v) is 9.57. The second-order valence-corrected chi connectivity index (χ2v) is 4.53. The van der Waals surface area contributed by atoms with Gasteiger partial charge in [-0.3, -0.25) is 0 Å². The van der Waals surface area contributed by atoms with E-state index in [4.69, 9.17) is 0 Å². The van der Waals surface area contributed by atoms with E-state index >= 15 is 0 Å². The van der Waals surface area contributed by atoms with Crippen LogP contribution >= 0.6 is 11.5 Å². The van der Waals surface area contributed by atoms with Crippen LogP contribution in [0.1, 0.15) is 25.6 Å². The van der Waals surface area contributed by atoms with Gasteiger partial charge in [0.05, 0.1) is 0 Å². The number of hydrogen-bond donors (Lipinski definition) is 1. The summed E-state index contributed by atoms with van der Waals surface area (Å²) in [5, 5.41) is 13.3. The third-order valence-corrected chi connectivity index (χ3v) is 2.79. The second-order valence-electron chi connectivity index (χ2n) is 3.78. The highest BCUT2D eigenvalue weighted by molar-refractivity contribution is 7.09. The van der Waals surface area contributed by atoms with E-state index in [9.17, 15) is 10.1 Å². The third kappa shape index (κ3) is 3.30. The molecule has 0 bridgehead atoms. The number of rotatable bonds is 6. The van der Waals surface area contributed by atoms with Crippen molar-refractivity contribution in [3.63, 3.8) is 0 Å². The summed E-state index contributed by atoms with van der Waals surface area (Å²) in [6.07, 6.45) is 2.19. The maximum Gasteiger partial charge on any atom is 0.294 e. The van der Waals surface area contributed by atoms with Crippen LogP contribution in [0.15, 0.2) is 0 Å². The Hall–Kier alpha value is -1.44. The van der Waals surface area contributed by atoms with Crippen molar-refractivity contribution in [3.05, 3.63) is 15.9 Å². The lowest BCUT2D eigenvalue weighted by Crippen LogP contribution is -2.16. The standard InChI is InChI=1S/C8H12N4O3S/c1-5(15-12(13)14)4-7-10-8(16-11-7)9-6-2-3-6/h5-6H,2-4H2,1H3,(H,9,10,11). The smallest absolute Gasteiger partial charge is 0.294 e. The van der Waals surface area contributed by atoms with Crippen LogP contribution in [0.5, 0.6) is 0 Å². The molecule has 0 spiro atoms. The van der Waals surface area contributed by atoms with Crippen molar-refractivity contribution in [2.75, 3.05) is 5.32 Å². The van der Waals surface area contributed by atoms with Gasteiger partial charge in [0.2, 0.25) is 5.13 Å². The highest BCUT2D eigenvalue weighted by Crippen LogP contribution is 2.25. The minimum absolute atomic E-state index is 0.351. The molecule has 8 heteroatoms. The van der Waals surface area contributed by atoms with Crippen LogP contribution < -0.4 is 5.32 Å². The molecule has 0 aromatic carbocycles. The van der Waals surface area contributed by atoms with Crippen molar-refractivity contribution in [3.8, 4) is 0 Å². The lowest BCUT2D eigenvalue weighted by atomic mass is 10.3. The zero-order chi connectivity index (χ0) is 11.5. The molecule has 0 saturated heterocycles. The van der Waals surface area contributed by atoms with Crippen LogP contribution in [0, 0.1) is 10.1 Å². The van der Waals surface area contributed by atoms with E-state index in [0.29, 0.717) is 18.3 Å². The van der Waals surface area contributed by atoms with E-state index in [-0.39, 0.29) is 0 Å². The van der Waals surface area contributed by atoms with Crippen LogP contribution in [0.3, 0.4) is 0 Å². The van der Waals surface area contributed by atoms with Crippen LogP contribution in [0.2, 0.25) is 0 Å². The molecule has 1 aliphatic rings. The van der Waals surface area contributed by atoms with Crippen molar-refractivity contribution in [1.29, 1.82) is 0 Å². The molecular weight excluding hydrogens is 232 g/mol. The minimum atomic E-state index is -0.791. The van der Waals surface area contributed by atoms with Gasteiger partial charge in [0.25, 0.3) is 5.09 Å². The highest BCUT2D eigenvalue weighted by atomic mass is 32.1. The lowest BCUT2D eigenvalue weighted by molar-refractivity contribution is -0.767. The fraction of sp³-hybridized carbons (Fsp3) is 0.750. The number of aromatic nitrogens is 2. The van der Waals surface area contributed by atoms with Gasteiger partial charge in [-0.15, -0.1) is 10.1 Å². The van der Waals surface area contributed by atoms with E-state index in [0.717, 1.165) is 5.13 Å². The van der Waals surface area contributed by atoms with Crippen molar-refractivity contribution in [2.24, 2.45) is 0 Å². The molecule has 7 nitrogen and oxygen atoms in total. The fourth-order valence-electron chi connectivity index (χ4n) is 1.24. The first-order valence-electron chi connectivity index (χ1n) is 5.04. The summed E-state index contributed by atoms with van der Waals surface area (Å²) in [6, 6.07) is 0.535. The molecule has 1 heterocycles. The minimum Gasteiger partial charge on any atom is -0.358 e. The summed E-state index contributed by atoms with van der Waals surface area (Å²) in [4.78, 5) is 18.7. The van der Waals surface area contributed by atoms with E-state index < -0.39 is 11.2 Å². The quantitative estimate of drug-likeness (QED) is 0.598. The van der Waals surface area contributed by atoms with Gasteiger partial charge < -0.3 is 10.2 Å². The Bertz CT molecular complexity index is 379. The molecule has 0 aliphatic heterocycles. The molecule has 88 valence electrons. The van der Waals surface area contributed by atoms with E-state index in [1.807, 2.05) is 0 Å². The molecule has 1 unspecified atom stereocenters. The van der Waals surface area contributed by atoms with Crippen LogP contribution in [-0.4, -0.2) is 26.6 Å². The van der Waals surface area contributed by atoms with E-state index in [2.05, 4.69) is 19.5 Å². The first-order chi connectivity index (χ1) is 7.63. The van der Waals surface area contributed by atoms with Gasteiger partial charge in [0.15, 0.2) is 0 Å². The van der Waals surface area contributed by atoms with Gasteiger partial charge in [-0.05, 0) is 19.8 Å². The molecule has 16 heavy (non-hydrogen) atoms. The van der Waals surface area contributed by atoms with Gasteiger partial charge in [0, 0.05) is 24.0 Å². The first-order valence-corrected chi connectivity index (χ1v) is 5.81. The summed E-state index contributed by atoms with van der Waals surface area (Å²) in [5.41, 5.74) is 0. The summed E-state index contributed by atoms with van der Waals surface area (Å²) < 4.78 is 4.11. The van der Waals surface area contributed by atoms with Crippen LogP contribution in [0.25, 0.3) is 0 Å². The molecule has 1 N–H and O–H groups in total. The molecule has 1 atom stereocenters. The maximum absolute atomic E-state index is 10.1. The zero-order valence-electron chi connectivity index (χ0n) is 8.75. The number of nitrogens with one attached hydrogen (secondary N) is 1. The average Bonchev–Trinajstić information content (AvgIpc) is 2.86. The topological polar surface area (TPSA) is 90.2 Å². The summed E-state index contributed by atoms with van der Waals surface area (Å²) in [6.45, 7) is 1.62. The largest absolute Gasteiger partial charge is 0.358 e. The number of hydrogen-bond acceptors (Lipinski definition) is 7. The van der Waals surface area contributed by atoms with Gasteiger partial charge >= 0.3 is 0 Å². The van der Waals surface area contributed by atoms with Crippen molar-refractivity contribution >= 4 is 16.7 Å². The Labute approximate surface area is 96.1 Å². The summed E-state index contributed by atoms with van der Waals surface area (Å²) >= 11 is 1.28. The molecule has 2 rings (SSSR count).